The van der Waals surface area contributed by atoms with E-state index in [1.54, 1.807) is 13.0 Å². The summed E-state index contributed by atoms with van der Waals surface area (Å²) in [4.78, 5) is 26.8. The molecule has 0 saturated heterocycles. The number of nitrogens with zero attached hydrogens (tertiary/aromatic N) is 2. The van der Waals surface area contributed by atoms with Gasteiger partial charge in [0.1, 0.15) is 12.6 Å². The lowest BCUT2D eigenvalue weighted by atomic mass is 10.1. The summed E-state index contributed by atoms with van der Waals surface area (Å²) in [6.45, 7) is 1.14. The van der Waals surface area contributed by atoms with Crippen molar-refractivity contribution in [3.63, 3.8) is 0 Å². The van der Waals surface area contributed by atoms with Gasteiger partial charge in [-0.25, -0.2) is 8.42 Å². The summed E-state index contributed by atoms with van der Waals surface area (Å²) in [7, 11) is -2.41. The Kier molecular flexibility index (Phi) is 8.76. The van der Waals surface area contributed by atoms with Gasteiger partial charge >= 0.3 is 0 Å². The van der Waals surface area contributed by atoms with E-state index in [0.29, 0.717) is 0 Å². The van der Waals surface area contributed by atoms with E-state index in [2.05, 4.69) is 21.2 Å². The molecule has 168 valence electrons. The van der Waals surface area contributed by atoms with Gasteiger partial charge in [-0.15, -0.1) is 0 Å². The zero-order chi connectivity index (χ0) is 23.3. The standard InChI is InChI=1S/C20H22BrCl2N3O4S/c1-13(20(28)24-2)25(11-14-7-9-15(21)10-8-14)18(27)12-26(31(3,29)30)17-6-4-5-16(22)19(17)23/h4-10,13H,11-12H2,1-3H3,(H,24,28)/t13-/m0/s1. The van der Waals surface area contributed by atoms with Gasteiger partial charge in [0, 0.05) is 18.1 Å². The Hall–Kier alpha value is -1.81. The van der Waals surface area contributed by atoms with E-state index in [1.165, 1.54) is 24.1 Å². The molecule has 2 aromatic carbocycles. The number of halogens is 3. The van der Waals surface area contributed by atoms with Gasteiger partial charge in [-0.2, -0.15) is 0 Å². The summed E-state index contributed by atoms with van der Waals surface area (Å²) in [5, 5.41) is 2.69. The second-order valence-electron chi connectivity index (χ2n) is 6.78. The lowest BCUT2D eigenvalue weighted by Crippen LogP contribution is -2.50. The second-order valence-corrected chi connectivity index (χ2v) is 10.4. The van der Waals surface area contributed by atoms with E-state index in [4.69, 9.17) is 23.2 Å². The van der Waals surface area contributed by atoms with Crippen LogP contribution < -0.4 is 9.62 Å². The third-order valence-electron chi connectivity index (χ3n) is 4.56. The van der Waals surface area contributed by atoms with Crippen LogP contribution in [-0.4, -0.2) is 51.0 Å². The molecule has 0 aliphatic rings. The van der Waals surface area contributed by atoms with Gasteiger partial charge in [-0.05, 0) is 36.8 Å². The molecule has 1 N–H and O–H groups in total. The Labute approximate surface area is 200 Å². The molecule has 2 amide bonds. The Morgan fingerprint density at radius 2 is 1.74 bits per heavy atom. The minimum atomic E-state index is -3.88. The normalized spacial score (nSPS) is 12.2. The SMILES string of the molecule is CNC(=O)[C@H](C)N(Cc1ccc(Br)cc1)C(=O)CN(c1cccc(Cl)c1Cl)S(C)(=O)=O. The van der Waals surface area contributed by atoms with Crippen molar-refractivity contribution in [1.29, 1.82) is 0 Å². The van der Waals surface area contributed by atoms with Gasteiger partial charge in [0.25, 0.3) is 0 Å². The van der Waals surface area contributed by atoms with Gasteiger partial charge in [-0.3, -0.25) is 13.9 Å². The fourth-order valence-electron chi connectivity index (χ4n) is 2.86. The number of carbonyl (C=O) groups excluding carboxylic acids is 2. The number of hydrogen-bond acceptors (Lipinski definition) is 4. The first-order valence-electron chi connectivity index (χ1n) is 9.13. The average molecular weight is 551 g/mol. The number of sulfonamides is 1. The minimum absolute atomic E-state index is 0.0150. The van der Waals surface area contributed by atoms with Gasteiger partial charge in [0.2, 0.25) is 21.8 Å². The molecule has 0 heterocycles. The maximum absolute atomic E-state index is 13.3. The third-order valence-corrected chi connectivity index (χ3v) is 7.02. The molecule has 0 aromatic heterocycles. The quantitative estimate of drug-likeness (QED) is 0.543. The van der Waals surface area contributed by atoms with Crippen LogP contribution in [0.25, 0.3) is 0 Å². The molecule has 0 saturated carbocycles. The Morgan fingerprint density at radius 3 is 2.29 bits per heavy atom. The molecule has 31 heavy (non-hydrogen) atoms. The van der Waals surface area contributed by atoms with Crippen LogP contribution in [0.3, 0.4) is 0 Å². The number of nitrogens with one attached hydrogen (secondary N) is 1. The fourth-order valence-corrected chi connectivity index (χ4v) is 4.42. The lowest BCUT2D eigenvalue weighted by molar-refractivity contribution is -0.139. The topological polar surface area (TPSA) is 86.8 Å². The molecular formula is C20H22BrCl2N3O4S. The van der Waals surface area contributed by atoms with E-state index in [0.717, 1.165) is 20.6 Å². The van der Waals surface area contributed by atoms with Crippen LogP contribution in [-0.2, 0) is 26.2 Å². The fraction of sp³-hybridized carbons (Fsp3) is 0.300. The predicted molar refractivity (Wildman–Crippen MR) is 127 cm³/mol. The van der Waals surface area contributed by atoms with Crippen molar-refractivity contribution >= 4 is 66.7 Å². The zero-order valence-electron chi connectivity index (χ0n) is 17.1. The Balaban J connectivity index is 2.42. The van der Waals surface area contributed by atoms with Crippen molar-refractivity contribution in [3.05, 3.63) is 62.5 Å². The van der Waals surface area contributed by atoms with E-state index in [1.807, 2.05) is 24.3 Å². The summed E-state index contributed by atoms with van der Waals surface area (Å²) >= 11 is 15.6. The summed E-state index contributed by atoms with van der Waals surface area (Å²) < 4.78 is 26.7. The molecular weight excluding hydrogens is 529 g/mol. The zero-order valence-corrected chi connectivity index (χ0v) is 21.0. The van der Waals surface area contributed by atoms with Gasteiger partial charge < -0.3 is 10.2 Å². The number of amides is 2. The highest BCUT2D eigenvalue weighted by Gasteiger charge is 2.30. The van der Waals surface area contributed by atoms with E-state index < -0.39 is 28.5 Å². The number of likely N-dealkylation sites (N-methyl/N-ethyl adjacent to an activating group) is 1. The summed E-state index contributed by atoms with van der Waals surface area (Å²) in [6.07, 6.45) is 0.971. The number of rotatable bonds is 8. The van der Waals surface area contributed by atoms with Crippen LogP contribution in [0.2, 0.25) is 10.0 Å². The monoisotopic (exact) mass is 549 g/mol. The lowest BCUT2D eigenvalue weighted by Gasteiger charge is -2.31. The Morgan fingerprint density at radius 1 is 1.13 bits per heavy atom. The van der Waals surface area contributed by atoms with E-state index in [9.17, 15) is 18.0 Å². The number of anilines is 1. The molecule has 0 bridgehead atoms. The van der Waals surface area contributed by atoms with E-state index in [-0.39, 0.29) is 28.2 Å². The molecule has 11 heteroatoms. The van der Waals surface area contributed by atoms with Gasteiger partial charge in [0.15, 0.2) is 0 Å². The molecule has 0 unspecified atom stereocenters. The molecule has 0 fully saturated rings. The minimum Gasteiger partial charge on any atom is -0.357 e. The molecule has 0 spiro atoms. The second kappa shape index (κ2) is 10.7. The van der Waals surface area contributed by atoms with Crippen LogP contribution in [0.4, 0.5) is 5.69 Å². The summed E-state index contributed by atoms with van der Waals surface area (Å²) in [6, 6.07) is 10.9. The highest BCUT2D eigenvalue weighted by Crippen LogP contribution is 2.33. The molecule has 2 aromatic rings. The number of carbonyl (C=O) groups is 2. The maximum Gasteiger partial charge on any atom is 0.244 e. The predicted octanol–water partition coefficient (Wildman–Crippen LogP) is 3.69. The molecule has 0 aliphatic heterocycles. The molecule has 7 nitrogen and oxygen atoms in total. The Bertz CT molecular complexity index is 1060. The first-order chi connectivity index (χ1) is 14.5. The highest BCUT2D eigenvalue weighted by molar-refractivity contribution is 9.10. The van der Waals surface area contributed by atoms with Crippen molar-refractivity contribution in [1.82, 2.24) is 10.2 Å². The average Bonchev–Trinajstić information content (AvgIpc) is 2.71. The van der Waals surface area contributed by atoms with Crippen molar-refractivity contribution in [2.24, 2.45) is 0 Å². The largest absolute Gasteiger partial charge is 0.357 e. The number of benzene rings is 2. The maximum atomic E-state index is 13.3. The highest BCUT2D eigenvalue weighted by atomic mass is 79.9. The van der Waals surface area contributed by atoms with Crippen molar-refractivity contribution in [2.45, 2.75) is 19.5 Å². The first kappa shape index (κ1) is 25.5. The van der Waals surface area contributed by atoms with Crippen LogP contribution in [0.5, 0.6) is 0 Å². The first-order valence-corrected chi connectivity index (χ1v) is 12.5. The van der Waals surface area contributed by atoms with Gasteiger partial charge in [-0.1, -0.05) is 57.3 Å². The van der Waals surface area contributed by atoms with Crippen LogP contribution in [0.1, 0.15) is 12.5 Å². The van der Waals surface area contributed by atoms with Crippen molar-refractivity contribution in [2.75, 3.05) is 24.2 Å². The summed E-state index contributed by atoms with van der Waals surface area (Å²) in [5.74, 6) is -0.947. The van der Waals surface area contributed by atoms with Crippen LogP contribution >= 0.6 is 39.1 Å². The third kappa shape index (κ3) is 6.58. The van der Waals surface area contributed by atoms with Crippen molar-refractivity contribution in [3.8, 4) is 0 Å². The molecule has 0 radical (unpaired) electrons. The molecule has 1 atom stereocenters. The van der Waals surface area contributed by atoms with Crippen LogP contribution in [0.15, 0.2) is 46.9 Å². The molecule has 0 aliphatic carbocycles. The van der Waals surface area contributed by atoms with E-state index >= 15 is 0 Å². The van der Waals surface area contributed by atoms with Gasteiger partial charge in [0.05, 0.1) is 22.0 Å². The van der Waals surface area contributed by atoms with Crippen molar-refractivity contribution < 1.29 is 18.0 Å². The molecule has 2 rings (SSSR count). The summed E-state index contributed by atoms with van der Waals surface area (Å²) in [5.41, 5.74) is 0.861. The smallest absolute Gasteiger partial charge is 0.244 e. The number of hydrogen-bond donors (Lipinski definition) is 1. The van der Waals surface area contributed by atoms with Crippen LogP contribution in [0, 0.1) is 0 Å².